The first-order valence-corrected chi connectivity index (χ1v) is 8.02. The third kappa shape index (κ3) is 2.57. The van der Waals surface area contributed by atoms with Gasteiger partial charge >= 0.3 is 0 Å². The SMILES string of the molecule is CC(c1ccc(CBr)c(F)c1)n1ccc2cc(C=O)cnc21. The molecule has 0 aliphatic rings. The molecule has 2 aromatic heterocycles. The number of carbonyl (C=O) groups excluding carboxylic acids is 1. The van der Waals surface area contributed by atoms with Crippen molar-refractivity contribution in [2.24, 2.45) is 0 Å². The molecule has 0 fully saturated rings. The number of halogens is 2. The normalized spacial score (nSPS) is 12.5. The van der Waals surface area contributed by atoms with Crippen LogP contribution in [0.25, 0.3) is 11.0 Å². The summed E-state index contributed by atoms with van der Waals surface area (Å²) in [6, 6.07) is 8.94. The monoisotopic (exact) mass is 360 g/mol. The quantitative estimate of drug-likeness (QED) is 0.507. The Labute approximate surface area is 135 Å². The van der Waals surface area contributed by atoms with Crippen molar-refractivity contribution in [3.63, 3.8) is 0 Å². The number of rotatable bonds is 4. The van der Waals surface area contributed by atoms with E-state index in [1.54, 1.807) is 24.4 Å². The van der Waals surface area contributed by atoms with Crippen molar-refractivity contribution in [3.05, 3.63) is 65.2 Å². The Morgan fingerprint density at radius 1 is 1.36 bits per heavy atom. The van der Waals surface area contributed by atoms with Crippen LogP contribution in [0.3, 0.4) is 0 Å². The summed E-state index contributed by atoms with van der Waals surface area (Å²) in [6.45, 7) is 2.00. The van der Waals surface area contributed by atoms with Crippen LogP contribution in [0.15, 0.2) is 42.7 Å². The second kappa shape index (κ2) is 6.01. The molecule has 1 atom stereocenters. The molecule has 3 nitrogen and oxygen atoms in total. The zero-order valence-corrected chi connectivity index (χ0v) is 13.5. The Hall–Kier alpha value is -2.01. The van der Waals surface area contributed by atoms with Crippen LogP contribution in [-0.2, 0) is 5.33 Å². The van der Waals surface area contributed by atoms with Gasteiger partial charge in [0.1, 0.15) is 11.5 Å². The maximum absolute atomic E-state index is 14.0. The van der Waals surface area contributed by atoms with Crippen molar-refractivity contribution in [3.8, 4) is 0 Å². The van der Waals surface area contributed by atoms with Gasteiger partial charge in [0.25, 0.3) is 0 Å². The Kier molecular flexibility index (Phi) is 4.07. The zero-order valence-electron chi connectivity index (χ0n) is 12.0. The number of benzene rings is 1. The lowest BCUT2D eigenvalue weighted by atomic mass is 10.1. The first kappa shape index (κ1) is 14.9. The van der Waals surface area contributed by atoms with Gasteiger partial charge in [-0.2, -0.15) is 0 Å². The zero-order chi connectivity index (χ0) is 15.7. The predicted molar refractivity (Wildman–Crippen MR) is 88.0 cm³/mol. The van der Waals surface area contributed by atoms with Gasteiger partial charge in [0.15, 0.2) is 6.29 Å². The lowest BCUT2D eigenvalue weighted by molar-refractivity contribution is 0.112. The van der Waals surface area contributed by atoms with E-state index in [9.17, 15) is 9.18 Å². The van der Waals surface area contributed by atoms with Gasteiger partial charge in [-0.05, 0) is 36.2 Å². The minimum absolute atomic E-state index is 0.0500. The summed E-state index contributed by atoms with van der Waals surface area (Å²) in [5, 5.41) is 1.39. The van der Waals surface area contributed by atoms with Crippen LogP contribution in [0, 0.1) is 5.82 Å². The number of aldehydes is 1. The third-order valence-electron chi connectivity index (χ3n) is 3.83. The van der Waals surface area contributed by atoms with E-state index in [2.05, 4.69) is 20.9 Å². The summed E-state index contributed by atoms with van der Waals surface area (Å²) in [6.07, 6.45) is 4.24. The van der Waals surface area contributed by atoms with Crippen molar-refractivity contribution in [2.75, 3.05) is 0 Å². The highest BCUT2D eigenvalue weighted by molar-refractivity contribution is 9.08. The van der Waals surface area contributed by atoms with Gasteiger partial charge in [0.2, 0.25) is 0 Å². The highest BCUT2D eigenvalue weighted by atomic mass is 79.9. The Morgan fingerprint density at radius 2 is 2.18 bits per heavy atom. The second-order valence-electron chi connectivity index (χ2n) is 5.18. The van der Waals surface area contributed by atoms with E-state index in [1.807, 2.05) is 29.8 Å². The molecule has 1 aromatic carbocycles. The van der Waals surface area contributed by atoms with Crippen molar-refractivity contribution < 1.29 is 9.18 Å². The molecule has 0 aliphatic carbocycles. The molecule has 0 amide bonds. The van der Waals surface area contributed by atoms with Gasteiger partial charge in [-0.15, -0.1) is 0 Å². The molecule has 0 radical (unpaired) electrons. The van der Waals surface area contributed by atoms with E-state index >= 15 is 0 Å². The number of hydrogen-bond donors (Lipinski definition) is 0. The maximum Gasteiger partial charge on any atom is 0.151 e. The van der Waals surface area contributed by atoms with Crippen molar-refractivity contribution in [1.82, 2.24) is 9.55 Å². The molecule has 0 bridgehead atoms. The number of fused-ring (bicyclic) bond motifs is 1. The van der Waals surface area contributed by atoms with Gasteiger partial charge < -0.3 is 4.57 Å². The molecule has 22 heavy (non-hydrogen) atoms. The molecule has 1 unspecified atom stereocenters. The second-order valence-corrected chi connectivity index (χ2v) is 5.74. The minimum atomic E-state index is -0.214. The average Bonchev–Trinajstić information content (AvgIpc) is 2.96. The van der Waals surface area contributed by atoms with Gasteiger partial charge in [-0.1, -0.05) is 28.1 Å². The molecule has 0 N–H and O–H groups in total. The largest absolute Gasteiger partial charge is 0.325 e. The first-order valence-electron chi connectivity index (χ1n) is 6.90. The van der Waals surface area contributed by atoms with E-state index in [0.29, 0.717) is 16.5 Å². The molecule has 3 rings (SSSR count). The van der Waals surface area contributed by atoms with Gasteiger partial charge in [0.05, 0.1) is 6.04 Å². The smallest absolute Gasteiger partial charge is 0.151 e. The van der Waals surface area contributed by atoms with Gasteiger partial charge in [-0.3, -0.25) is 4.79 Å². The molecular formula is C17H14BrFN2O. The number of nitrogens with zero attached hydrogens (tertiary/aromatic N) is 2. The molecule has 0 saturated heterocycles. The van der Waals surface area contributed by atoms with E-state index in [4.69, 9.17) is 0 Å². The van der Waals surface area contributed by atoms with Gasteiger partial charge in [-0.25, -0.2) is 9.37 Å². The predicted octanol–water partition coefficient (Wildman–Crippen LogP) is 4.49. The molecule has 0 saturated carbocycles. The van der Waals surface area contributed by atoms with E-state index in [-0.39, 0.29) is 11.9 Å². The highest BCUT2D eigenvalue weighted by Gasteiger charge is 2.13. The molecule has 3 aromatic rings. The molecule has 0 spiro atoms. The van der Waals surface area contributed by atoms with Crippen molar-refractivity contribution >= 4 is 33.2 Å². The fourth-order valence-electron chi connectivity index (χ4n) is 2.53. The van der Waals surface area contributed by atoms with Crippen molar-refractivity contribution in [2.45, 2.75) is 18.3 Å². The highest BCUT2D eigenvalue weighted by Crippen LogP contribution is 2.25. The summed E-state index contributed by atoms with van der Waals surface area (Å²) in [4.78, 5) is 15.2. The van der Waals surface area contributed by atoms with Crippen molar-refractivity contribution in [1.29, 1.82) is 0 Å². The first-order chi connectivity index (χ1) is 10.6. The molecule has 0 aliphatic heterocycles. The topological polar surface area (TPSA) is 34.9 Å². The summed E-state index contributed by atoms with van der Waals surface area (Å²) >= 11 is 3.27. The summed E-state index contributed by atoms with van der Waals surface area (Å²) in [7, 11) is 0. The van der Waals surface area contributed by atoms with Crippen LogP contribution < -0.4 is 0 Å². The molecule has 5 heteroatoms. The average molecular weight is 361 g/mol. The standard InChI is InChI=1S/C17H14BrFN2O/c1-11(13-2-3-15(8-18)16(19)7-13)21-5-4-14-6-12(10-22)9-20-17(14)21/h2-7,9-11H,8H2,1H3. The number of aromatic nitrogens is 2. The number of hydrogen-bond acceptors (Lipinski definition) is 2. The van der Waals surface area contributed by atoms with E-state index in [0.717, 1.165) is 22.9 Å². The van der Waals surface area contributed by atoms with E-state index < -0.39 is 0 Å². The third-order valence-corrected chi connectivity index (χ3v) is 4.44. The van der Waals surface area contributed by atoms with Crippen LogP contribution in [0.1, 0.15) is 34.5 Å². The molecular weight excluding hydrogens is 347 g/mol. The lowest BCUT2D eigenvalue weighted by Gasteiger charge is -2.16. The number of carbonyl (C=O) groups is 1. The summed E-state index contributed by atoms with van der Waals surface area (Å²) in [5.74, 6) is -0.214. The lowest BCUT2D eigenvalue weighted by Crippen LogP contribution is -2.07. The van der Waals surface area contributed by atoms with Gasteiger partial charge in [0, 0.05) is 28.7 Å². The Balaban J connectivity index is 2.03. The van der Waals surface area contributed by atoms with Crippen LogP contribution >= 0.6 is 15.9 Å². The fourth-order valence-corrected chi connectivity index (χ4v) is 2.99. The maximum atomic E-state index is 14.0. The number of pyridine rings is 1. The van der Waals surface area contributed by atoms with E-state index in [1.165, 1.54) is 0 Å². The Bertz CT molecular complexity index is 844. The Morgan fingerprint density at radius 3 is 2.86 bits per heavy atom. The van der Waals surface area contributed by atoms with Crippen LogP contribution in [-0.4, -0.2) is 15.8 Å². The molecule has 2 heterocycles. The fraction of sp³-hybridized carbons (Fsp3) is 0.176. The summed E-state index contributed by atoms with van der Waals surface area (Å²) < 4.78 is 16.0. The molecule has 112 valence electrons. The van der Waals surface area contributed by atoms with Crippen LogP contribution in [0.5, 0.6) is 0 Å². The van der Waals surface area contributed by atoms with Crippen LogP contribution in [0.2, 0.25) is 0 Å². The minimum Gasteiger partial charge on any atom is -0.325 e. The number of alkyl halides is 1. The summed E-state index contributed by atoms with van der Waals surface area (Å²) in [5.41, 5.74) is 2.84. The van der Waals surface area contributed by atoms with Crippen LogP contribution in [0.4, 0.5) is 4.39 Å².